The molecule has 4 heteroatoms. The Morgan fingerprint density at radius 3 is 2.45 bits per heavy atom. The number of amides is 1. The third kappa shape index (κ3) is 4.31. The number of phenolic OH excluding ortho intramolecular Hbond substituents is 1. The molecule has 0 radical (unpaired) electrons. The Morgan fingerprint density at radius 1 is 1.15 bits per heavy atom. The van der Waals surface area contributed by atoms with Crippen molar-refractivity contribution in [3.05, 3.63) is 60.2 Å². The lowest BCUT2D eigenvalue weighted by atomic mass is 10.1. The predicted molar refractivity (Wildman–Crippen MR) is 81.8 cm³/mol. The molecule has 0 aliphatic carbocycles. The van der Waals surface area contributed by atoms with Crippen LogP contribution in [0.3, 0.4) is 0 Å². The van der Waals surface area contributed by atoms with Crippen LogP contribution in [-0.4, -0.2) is 16.8 Å². The van der Waals surface area contributed by atoms with Gasteiger partial charge in [0.15, 0.2) is 0 Å². The van der Waals surface area contributed by atoms with Crippen molar-refractivity contribution < 1.29 is 9.90 Å². The van der Waals surface area contributed by atoms with Gasteiger partial charge in [0.1, 0.15) is 5.75 Å². The smallest absolute Gasteiger partial charge is 0.230 e. The molecule has 0 heterocycles. The fourth-order valence-corrected chi connectivity index (χ4v) is 2.51. The summed E-state index contributed by atoms with van der Waals surface area (Å²) >= 11 is 1.45. The number of hydrogen-bond donors (Lipinski definition) is 2. The van der Waals surface area contributed by atoms with Crippen LogP contribution in [0.15, 0.2) is 59.5 Å². The summed E-state index contributed by atoms with van der Waals surface area (Å²) in [4.78, 5) is 12.8. The van der Waals surface area contributed by atoms with Gasteiger partial charge in [-0.1, -0.05) is 30.3 Å². The van der Waals surface area contributed by atoms with Gasteiger partial charge in [-0.3, -0.25) is 4.79 Å². The highest BCUT2D eigenvalue weighted by Crippen LogP contribution is 2.20. The molecule has 0 aromatic heterocycles. The van der Waals surface area contributed by atoms with E-state index in [1.54, 1.807) is 24.3 Å². The zero-order valence-electron chi connectivity index (χ0n) is 11.2. The Bertz CT molecular complexity index is 554. The molecule has 2 N–H and O–H groups in total. The number of carbonyl (C=O) groups is 1. The number of phenols is 1. The van der Waals surface area contributed by atoms with E-state index in [1.807, 2.05) is 37.3 Å². The van der Waals surface area contributed by atoms with Crippen LogP contribution >= 0.6 is 11.8 Å². The van der Waals surface area contributed by atoms with Crippen LogP contribution in [0.5, 0.6) is 5.75 Å². The number of nitrogens with one attached hydrogen (secondary N) is 1. The van der Waals surface area contributed by atoms with Crippen LogP contribution in [0.2, 0.25) is 0 Å². The van der Waals surface area contributed by atoms with Gasteiger partial charge in [0.25, 0.3) is 0 Å². The zero-order valence-corrected chi connectivity index (χ0v) is 12.1. The first-order valence-corrected chi connectivity index (χ1v) is 7.40. The third-order valence-corrected chi connectivity index (χ3v) is 3.90. The largest absolute Gasteiger partial charge is 0.508 e. The number of thioether (sulfide) groups is 1. The van der Waals surface area contributed by atoms with Crippen molar-refractivity contribution >= 4 is 17.7 Å². The molecule has 104 valence electrons. The van der Waals surface area contributed by atoms with Gasteiger partial charge in [-0.15, -0.1) is 11.8 Å². The fraction of sp³-hybridized carbons (Fsp3) is 0.188. The van der Waals surface area contributed by atoms with E-state index >= 15 is 0 Å². The standard InChI is InChI=1S/C16H17NO2S/c1-12(13-5-3-2-4-6-13)17-16(19)11-20-15-9-7-14(18)8-10-15/h2-10,12,18H,11H2,1H3,(H,17,19). The first kappa shape index (κ1) is 14.5. The van der Waals surface area contributed by atoms with Crippen LogP contribution in [0.25, 0.3) is 0 Å². The van der Waals surface area contributed by atoms with Crippen molar-refractivity contribution in [3.8, 4) is 5.75 Å². The molecule has 2 aromatic rings. The minimum Gasteiger partial charge on any atom is -0.508 e. The van der Waals surface area contributed by atoms with Crippen molar-refractivity contribution in [2.24, 2.45) is 0 Å². The van der Waals surface area contributed by atoms with Crippen molar-refractivity contribution in [3.63, 3.8) is 0 Å². The van der Waals surface area contributed by atoms with E-state index in [2.05, 4.69) is 5.32 Å². The van der Waals surface area contributed by atoms with Crippen LogP contribution in [0, 0.1) is 0 Å². The maximum absolute atomic E-state index is 11.9. The van der Waals surface area contributed by atoms with Gasteiger partial charge in [-0.05, 0) is 36.8 Å². The number of aromatic hydroxyl groups is 1. The fourth-order valence-electron chi connectivity index (χ4n) is 1.80. The van der Waals surface area contributed by atoms with Gasteiger partial charge in [0.05, 0.1) is 11.8 Å². The van der Waals surface area contributed by atoms with E-state index < -0.39 is 0 Å². The summed E-state index contributed by atoms with van der Waals surface area (Å²) in [7, 11) is 0. The molecule has 0 bridgehead atoms. The summed E-state index contributed by atoms with van der Waals surface area (Å²) in [5.74, 6) is 0.595. The van der Waals surface area contributed by atoms with Gasteiger partial charge in [-0.2, -0.15) is 0 Å². The lowest BCUT2D eigenvalue weighted by Crippen LogP contribution is -2.28. The summed E-state index contributed by atoms with van der Waals surface area (Å²) in [6, 6.07) is 16.7. The SMILES string of the molecule is CC(NC(=O)CSc1ccc(O)cc1)c1ccccc1. The number of hydrogen-bond acceptors (Lipinski definition) is 3. The highest BCUT2D eigenvalue weighted by atomic mass is 32.2. The van der Waals surface area contributed by atoms with Gasteiger partial charge in [0.2, 0.25) is 5.91 Å². The van der Waals surface area contributed by atoms with Crippen LogP contribution < -0.4 is 5.32 Å². The number of carbonyl (C=O) groups excluding carboxylic acids is 1. The second kappa shape index (κ2) is 7.01. The highest BCUT2D eigenvalue weighted by molar-refractivity contribution is 8.00. The van der Waals surface area contributed by atoms with Crippen LogP contribution in [0.4, 0.5) is 0 Å². The van der Waals surface area contributed by atoms with E-state index in [9.17, 15) is 9.90 Å². The highest BCUT2D eigenvalue weighted by Gasteiger charge is 2.09. The Labute approximate surface area is 123 Å². The average Bonchev–Trinajstić information content (AvgIpc) is 2.47. The van der Waals surface area contributed by atoms with E-state index in [0.717, 1.165) is 10.5 Å². The van der Waals surface area contributed by atoms with Crippen molar-refractivity contribution in [1.29, 1.82) is 0 Å². The topological polar surface area (TPSA) is 49.3 Å². The van der Waals surface area contributed by atoms with E-state index in [-0.39, 0.29) is 17.7 Å². The maximum Gasteiger partial charge on any atom is 0.230 e. The monoisotopic (exact) mass is 287 g/mol. The second-order valence-corrected chi connectivity index (χ2v) is 5.53. The molecule has 0 saturated carbocycles. The second-order valence-electron chi connectivity index (χ2n) is 4.48. The van der Waals surface area contributed by atoms with Crippen molar-refractivity contribution in [1.82, 2.24) is 5.32 Å². The summed E-state index contributed by atoms with van der Waals surface area (Å²) in [6.07, 6.45) is 0. The number of rotatable bonds is 5. The first-order chi connectivity index (χ1) is 9.65. The molecular weight excluding hydrogens is 270 g/mol. The summed E-state index contributed by atoms with van der Waals surface area (Å²) in [6.45, 7) is 1.97. The van der Waals surface area contributed by atoms with E-state index in [1.165, 1.54) is 11.8 Å². The molecule has 0 fully saturated rings. The number of benzene rings is 2. The lowest BCUT2D eigenvalue weighted by Gasteiger charge is -2.14. The lowest BCUT2D eigenvalue weighted by molar-refractivity contribution is -0.119. The molecular formula is C16H17NO2S. The van der Waals surface area contributed by atoms with Crippen LogP contribution in [0.1, 0.15) is 18.5 Å². The molecule has 0 aliphatic rings. The molecule has 1 unspecified atom stereocenters. The normalized spacial score (nSPS) is 11.8. The Kier molecular flexibility index (Phi) is 5.07. The van der Waals surface area contributed by atoms with Crippen LogP contribution in [-0.2, 0) is 4.79 Å². The zero-order chi connectivity index (χ0) is 14.4. The first-order valence-electron chi connectivity index (χ1n) is 6.41. The predicted octanol–water partition coefficient (Wildman–Crippen LogP) is 3.36. The Morgan fingerprint density at radius 2 is 1.80 bits per heavy atom. The summed E-state index contributed by atoms with van der Waals surface area (Å²) in [5.41, 5.74) is 1.09. The third-order valence-electron chi connectivity index (χ3n) is 2.88. The summed E-state index contributed by atoms with van der Waals surface area (Å²) in [5, 5.41) is 12.2. The average molecular weight is 287 g/mol. The molecule has 2 rings (SSSR count). The molecule has 20 heavy (non-hydrogen) atoms. The van der Waals surface area contributed by atoms with Gasteiger partial charge >= 0.3 is 0 Å². The Balaban J connectivity index is 1.82. The minimum absolute atomic E-state index is 0.000530. The molecule has 0 spiro atoms. The minimum atomic E-state index is -0.000530. The maximum atomic E-state index is 11.9. The van der Waals surface area contributed by atoms with Gasteiger partial charge in [0, 0.05) is 4.90 Å². The van der Waals surface area contributed by atoms with Gasteiger partial charge in [-0.25, -0.2) is 0 Å². The molecule has 1 amide bonds. The quantitative estimate of drug-likeness (QED) is 0.829. The van der Waals surface area contributed by atoms with Gasteiger partial charge < -0.3 is 10.4 Å². The summed E-state index contributed by atoms with van der Waals surface area (Å²) < 4.78 is 0. The molecule has 3 nitrogen and oxygen atoms in total. The molecule has 2 aromatic carbocycles. The van der Waals surface area contributed by atoms with Crippen molar-refractivity contribution in [2.45, 2.75) is 17.9 Å². The molecule has 0 aliphatic heterocycles. The molecule has 0 saturated heterocycles. The van der Waals surface area contributed by atoms with Crippen molar-refractivity contribution in [2.75, 3.05) is 5.75 Å². The van der Waals surface area contributed by atoms with E-state index in [4.69, 9.17) is 0 Å². The molecule has 1 atom stereocenters. The van der Waals surface area contributed by atoms with E-state index in [0.29, 0.717) is 5.75 Å². The Hall–Kier alpha value is -1.94.